The van der Waals surface area contributed by atoms with Gasteiger partial charge in [-0.2, -0.15) is 10.5 Å². The molecule has 1 aromatic rings. The van der Waals surface area contributed by atoms with Crippen LogP contribution in [0.1, 0.15) is 37.8 Å². The summed E-state index contributed by atoms with van der Waals surface area (Å²) in [5, 5.41) is 18.7. The van der Waals surface area contributed by atoms with Gasteiger partial charge in [-0.3, -0.25) is 0 Å². The molecule has 0 fully saturated rings. The monoisotopic (exact) mass is 292 g/mol. The lowest BCUT2D eigenvalue weighted by Gasteiger charge is -2.27. The smallest absolute Gasteiger partial charge is 0.176 e. The van der Waals surface area contributed by atoms with Gasteiger partial charge in [0.25, 0.3) is 0 Å². The van der Waals surface area contributed by atoms with Gasteiger partial charge in [0.2, 0.25) is 0 Å². The van der Waals surface area contributed by atoms with Gasteiger partial charge in [0.15, 0.2) is 5.60 Å². The maximum absolute atomic E-state index is 9.48. The maximum Gasteiger partial charge on any atom is 0.176 e. The highest BCUT2D eigenvalue weighted by Crippen LogP contribution is 2.31. The molecule has 0 saturated heterocycles. The van der Waals surface area contributed by atoms with Gasteiger partial charge in [-0.25, -0.2) is 0 Å². The van der Waals surface area contributed by atoms with Crippen molar-refractivity contribution in [2.24, 2.45) is 5.92 Å². The van der Waals surface area contributed by atoms with E-state index < -0.39 is 5.60 Å². The summed E-state index contributed by atoms with van der Waals surface area (Å²) < 4.78 is 5.86. The molecule has 0 amide bonds. The lowest BCUT2D eigenvalue weighted by molar-refractivity contribution is 0.0147. The topological polar surface area (TPSA) is 56.8 Å². The van der Waals surface area contributed by atoms with Crippen molar-refractivity contribution < 1.29 is 4.74 Å². The van der Waals surface area contributed by atoms with Crippen LogP contribution in [0.3, 0.4) is 0 Å². The summed E-state index contributed by atoms with van der Waals surface area (Å²) in [4.78, 5) is 0. The summed E-state index contributed by atoms with van der Waals surface area (Å²) in [5.41, 5.74) is 1.63. The fourth-order valence-corrected chi connectivity index (χ4v) is 2.29. The van der Waals surface area contributed by atoms with Gasteiger partial charge in [0.05, 0.1) is 18.2 Å². The van der Waals surface area contributed by atoms with E-state index in [-0.39, 0.29) is 0 Å². The van der Waals surface area contributed by atoms with E-state index in [1.54, 1.807) is 6.07 Å². The third-order valence-electron chi connectivity index (χ3n) is 4.03. The third-order valence-corrected chi connectivity index (χ3v) is 4.03. The number of nitrogens with zero attached hydrogens (tertiary/aromatic N) is 2. The summed E-state index contributed by atoms with van der Waals surface area (Å²) in [6.07, 6.45) is 7.22. The Balaban J connectivity index is 2.17. The molecule has 3 nitrogen and oxygen atoms in total. The Morgan fingerprint density at radius 2 is 2.09 bits per heavy atom. The molecule has 2 atom stereocenters. The Bertz CT molecular complexity index is 675. The highest BCUT2D eigenvalue weighted by Gasteiger charge is 2.30. The standard InChI is InChI=1S/C19H20N2O/c1-3-15(2)13-22-19(14-21)10-8-16(9-11-19)18-7-5-4-6-17(18)12-20/h4-10,15H,3,11,13H2,1-2H3/t15?,19-/m1/s1. The lowest BCUT2D eigenvalue weighted by atomic mass is 9.88. The predicted molar refractivity (Wildman–Crippen MR) is 86.6 cm³/mol. The maximum atomic E-state index is 9.48. The molecular formula is C19H20N2O. The van der Waals surface area contributed by atoms with E-state index in [2.05, 4.69) is 26.0 Å². The van der Waals surface area contributed by atoms with Crippen molar-refractivity contribution in [3.05, 3.63) is 53.6 Å². The third kappa shape index (κ3) is 3.45. The zero-order chi connectivity index (χ0) is 16.0. The normalized spacial score (nSPS) is 21.5. The van der Waals surface area contributed by atoms with Gasteiger partial charge in [-0.05, 0) is 29.2 Å². The van der Waals surface area contributed by atoms with E-state index in [4.69, 9.17) is 4.74 Å². The molecule has 22 heavy (non-hydrogen) atoms. The molecule has 0 heterocycles. The first kappa shape index (κ1) is 16.0. The molecule has 1 aromatic carbocycles. The lowest BCUT2D eigenvalue weighted by Crippen LogP contribution is -2.31. The molecule has 1 aliphatic carbocycles. The van der Waals surface area contributed by atoms with E-state index >= 15 is 0 Å². The number of nitriles is 2. The summed E-state index contributed by atoms with van der Waals surface area (Å²) in [5.74, 6) is 0.434. The fourth-order valence-electron chi connectivity index (χ4n) is 2.29. The highest BCUT2D eigenvalue weighted by atomic mass is 16.5. The second kappa shape index (κ2) is 7.07. The first-order chi connectivity index (χ1) is 10.6. The molecule has 0 N–H and O–H groups in total. The number of rotatable bonds is 5. The Kier molecular flexibility index (Phi) is 5.15. The van der Waals surface area contributed by atoms with Crippen LogP contribution in [0.15, 0.2) is 42.5 Å². The van der Waals surface area contributed by atoms with Crippen LogP contribution in [-0.2, 0) is 4.74 Å². The number of benzene rings is 1. The molecule has 0 aromatic heterocycles. The first-order valence-corrected chi connectivity index (χ1v) is 7.58. The van der Waals surface area contributed by atoms with Gasteiger partial charge < -0.3 is 4.74 Å². The molecule has 0 saturated carbocycles. The Hall–Kier alpha value is -2.36. The average molecular weight is 292 g/mol. The van der Waals surface area contributed by atoms with Crippen molar-refractivity contribution in [3.63, 3.8) is 0 Å². The minimum Gasteiger partial charge on any atom is -0.356 e. The van der Waals surface area contributed by atoms with Crippen LogP contribution in [0.25, 0.3) is 5.57 Å². The highest BCUT2D eigenvalue weighted by molar-refractivity contribution is 5.79. The minimum absolute atomic E-state index is 0.434. The SMILES string of the molecule is CCC(C)CO[C@]1(C#N)C=CC(c2ccccc2C#N)=CC1. The number of ether oxygens (including phenoxy) is 1. The summed E-state index contributed by atoms with van der Waals surface area (Å²) in [6, 6.07) is 12.0. The molecular weight excluding hydrogens is 272 g/mol. The van der Waals surface area contributed by atoms with Crippen LogP contribution in [0, 0.1) is 28.6 Å². The largest absolute Gasteiger partial charge is 0.356 e. The molecule has 0 bridgehead atoms. The molecule has 0 aliphatic heterocycles. The second-order valence-electron chi connectivity index (χ2n) is 5.68. The summed E-state index contributed by atoms with van der Waals surface area (Å²) in [6.45, 7) is 4.80. The van der Waals surface area contributed by atoms with Crippen LogP contribution in [0.5, 0.6) is 0 Å². The molecule has 2 rings (SSSR count). The van der Waals surface area contributed by atoms with Crippen molar-refractivity contribution in [1.29, 1.82) is 10.5 Å². The van der Waals surface area contributed by atoms with Gasteiger partial charge in [-0.1, -0.05) is 50.6 Å². The first-order valence-electron chi connectivity index (χ1n) is 7.58. The van der Waals surface area contributed by atoms with Crippen LogP contribution >= 0.6 is 0 Å². The average Bonchev–Trinajstić information content (AvgIpc) is 2.60. The van der Waals surface area contributed by atoms with Crippen molar-refractivity contribution in [2.75, 3.05) is 6.61 Å². The van der Waals surface area contributed by atoms with E-state index in [9.17, 15) is 10.5 Å². The van der Waals surface area contributed by atoms with Crippen molar-refractivity contribution in [3.8, 4) is 12.1 Å². The number of hydrogen-bond donors (Lipinski definition) is 0. The summed E-state index contributed by atoms with van der Waals surface area (Å²) >= 11 is 0. The van der Waals surface area contributed by atoms with Gasteiger partial charge >= 0.3 is 0 Å². The van der Waals surface area contributed by atoms with Crippen molar-refractivity contribution in [1.82, 2.24) is 0 Å². The van der Waals surface area contributed by atoms with Crippen LogP contribution in [0.2, 0.25) is 0 Å². The Morgan fingerprint density at radius 1 is 1.32 bits per heavy atom. The molecule has 112 valence electrons. The Labute approximate surface area is 132 Å². The quantitative estimate of drug-likeness (QED) is 0.816. The summed E-state index contributed by atoms with van der Waals surface area (Å²) in [7, 11) is 0. The Morgan fingerprint density at radius 3 is 2.68 bits per heavy atom. The predicted octanol–water partition coefficient (Wildman–Crippen LogP) is 4.23. The van der Waals surface area contributed by atoms with Gasteiger partial charge in [0.1, 0.15) is 6.07 Å². The zero-order valence-corrected chi connectivity index (χ0v) is 13.0. The van der Waals surface area contributed by atoms with Crippen LogP contribution in [0.4, 0.5) is 0 Å². The van der Waals surface area contributed by atoms with Gasteiger partial charge in [0, 0.05) is 6.42 Å². The number of hydrogen-bond acceptors (Lipinski definition) is 3. The molecule has 1 aliphatic rings. The van der Waals surface area contributed by atoms with Crippen LogP contribution < -0.4 is 0 Å². The molecule has 0 radical (unpaired) electrons. The molecule has 3 heteroatoms. The van der Waals surface area contributed by atoms with E-state index in [1.165, 1.54) is 0 Å². The molecule has 1 unspecified atom stereocenters. The van der Waals surface area contributed by atoms with E-state index in [0.717, 1.165) is 17.6 Å². The minimum atomic E-state index is -0.880. The van der Waals surface area contributed by atoms with Gasteiger partial charge in [-0.15, -0.1) is 0 Å². The second-order valence-corrected chi connectivity index (χ2v) is 5.68. The van der Waals surface area contributed by atoms with Crippen molar-refractivity contribution in [2.45, 2.75) is 32.3 Å². The van der Waals surface area contributed by atoms with Crippen molar-refractivity contribution >= 4 is 5.57 Å². The number of allylic oxidation sites excluding steroid dienone is 2. The van der Waals surface area contributed by atoms with E-state index in [0.29, 0.717) is 24.5 Å². The molecule has 0 spiro atoms. The van der Waals surface area contributed by atoms with E-state index in [1.807, 2.05) is 36.4 Å². The zero-order valence-electron chi connectivity index (χ0n) is 13.0. The fraction of sp³-hybridized carbons (Fsp3) is 0.368. The van der Waals surface area contributed by atoms with Crippen LogP contribution in [-0.4, -0.2) is 12.2 Å².